The molecule has 0 spiro atoms. The van der Waals surface area contributed by atoms with Crippen LogP contribution in [0.15, 0.2) is 24.3 Å². The van der Waals surface area contributed by atoms with Crippen molar-refractivity contribution < 1.29 is 14.3 Å². The van der Waals surface area contributed by atoms with E-state index in [0.29, 0.717) is 6.61 Å². The maximum absolute atomic E-state index is 12.6. The Morgan fingerprint density at radius 3 is 2.33 bits per heavy atom. The van der Waals surface area contributed by atoms with Crippen molar-refractivity contribution in [2.24, 2.45) is 5.92 Å². The summed E-state index contributed by atoms with van der Waals surface area (Å²) in [5.74, 6) is 0.793. The van der Waals surface area contributed by atoms with Gasteiger partial charge in [0.05, 0.1) is 13.0 Å². The van der Waals surface area contributed by atoms with Gasteiger partial charge in [0.2, 0.25) is 11.8 Å². The highest BCUT2D eigenvalue weighted by atomic mass is 16.5. The molecule has 1 aromatic carbocycles. The molecule has 24 heavy (non-hydrogen) atoms. The average Bonchev–Trinajstić information content (AvgIpc) is 3.08. The van der Waals surface area contributed by atoms with Crippen molar-refractivity contribution in [3.8, 4) is 5.75 Å². The van der Waals surface area contributed by atoms with Gasteiger partial charge >= 0.3 is 0 Å². The summed E-state index contributed by atoms with van der Waals surface area (Å²) in [7, 11) is 0. The summed E-state index contributed by atoms with van der Waals surface area (Å²) in [5.41, 5.74) is 0.909. The second-order valence-electron chi connectivity index (χ2n) is 6.58. The molecule has 1 fully saturated rings. The SMILES string of the molecule is CCOc1ccc(CC(=O)N[C@H](C(=O)N2CCCC2)C(C)C)cc1. The number of amides is 2. The third-order valence-electron chi connectivity index (χ3n) is 4.27. The van der Waals surface area contributed by atoms with Crippen molar-refractivity contribution in [3.05, 3.63) is 29.8 Å². The molecule has 1 N–H and O–H groups in total. The predicted molar refractivity (Wildman–Crippen MR) is 93.9 cm³/mol. The number of carbonyl (C=O) groups is 2. The Morgan fingerprint density at radius 2 is 1.79 bits per heavy atom. The molecule has 0 aromatic heterocycles. The number of benzene rings is 1. The van der Waals surface area contributed by atoms with Crippen LogP contribution in [0.3, 0.4) is 0 Å². The normalized spacial score (nSPS) is 15.4. The van der Waals surface area contributed by atoms with Crippen LogP contribution in [0.2, 0.25) is 0 Å². The van der Waals surface area contributed by atoms with Gasteiger partial charge in [0.15, 0.2) is 0 Å². The molecule has 1 aromatic rings. The number of nitrogens with zero attached hydrogens (tertiary/aromatic N) is 1. The highest BCUT2D eigenvalue weighted by molar-refractivity contribution is 5.88. The van der Waals surface area contributed by atoms with Crippen LogP contribution in [0.25, 0.3) is 0 Å². The Morgan fingerprint density at radius 1 is 1.17 bits per heavy atom. The lowest BCUT2D eigenvalue weighted by Crippen LogP contribution is -2.50. The van der Waals surface area contributed by atoms with Crippen LogP contribution >= 0.6 is 0 Å². The molecule has 2 rings (SSSR count). The smallest absolute Gasteiger partial charge is 0.245 e. The number of rotatable bonds is 7. The van der Waals surface area contributed by atoms with Crippen LogP contribution in [0.1, 0.15) is 39.2 Å². The van der Waals surface area contributed by atoms with Crippen LogP contribution in [-0.4, -0.2) is 42.5 Å². The van der Waals surface area contributed by atoms with Crippen molar-refractivity contribution in [2.45, 2.75) is 46.1 Å². The van der Waals surface area contributed by atoms with E-state index in [1.807, 2.05) is 49.9 Å². The van der Waals surface area contributed by atoms with Gasteiger partial charge in [-0.3, -0.25) is 9.59 Å². The molecular formula is C19H28N2O3. The molecule has 0 bridgehead atoms. The van der Waals surface area contributed by atoms with Crippen molar-refractivity contribution >= 4 is 11.8 Å². The van der Waals surface area contributed by atoms with E-state index in [1.165, 1.54) is 0 Å². The second-order valence-corrected chi connectivity index (χ2v) is 6.58. The van der Waals surface area contributed by atoms with Gasteiger partial charge in [0, 0.05) is 13.1 Å². The molecule has 1 heterocycles. The van der Waals surface area contributed by atoms with E-state index in [-0.39, 0.29) is 24.2 Å². The fourth-order valence-corrected chi connectivity index (χ4v) is 2.93. The molecule has 1 aliphatic heterocycles. The third-order valence-corrected chi connectivity index (χ3v) is 4.27. The summed E-state index contributed by atoms with van der Waals surface area (Å²) in [5, 5.41) is 2.92. The lowest BCUT2D eigenvalue weighted by atomic mass is 10.0. The topological polar surface area (TPSA) is 58.6 Å². The zero-order chi connectivity index (χ0) is 17.5. The Kier molecular flexibility index (Phi) is 6.64. The second kappa shape index (κ2) is 8.71. The maximum Gasteiger partial charge on any atom is 0.245 e. The van der Waals surface area contributed by atoms with Crippen molar-refractivity contribution in [1.82, 2.24) is 10.2 Å². The minimum absolute atomic E-state index is 0.0440. The zero-order valence-electron chi connectivity index (χ0n) is 14.9. The maximum atomic E-state index is 12.6. The number of carbonyl (C=O) groups excluding carboxylic acids is 2. The van der Waals surface area contributed by atoms with Gasteiger partial charge in [-0.1, -0.05) is 26.0 Å². The standard InChI is InChI=1S/C19H28N2O3/c1-4-24-16-9-7-15(8-10-16)13-17(22)20-18(14(2)3)19(23)21-11-5-6-12-21/h7-10,14,18H,4-6,11-13H2,1-3H3,(H,20,22)/t18-/m0/s1. The van der Waals surface area contributed by atoms with Gasteiger partial charge in [0.1, 0.15) is 11.8 Å². The van der Waals surface area contributed by atoms with Crippen molar-refractivity contribution in [3.63, 3.8) is 0 Å². The Balaban J connectivity index is 1.93. The quantitative estimate of drug-likeness (QED) is 0.834. The minimum atomic E-state index is -0.446. The molecular weight excluding hydrogens is 304 g/mol. The van der Waals surface area contributed by atoms with Gasteiger partial charge in [0.25, 0.3) is 0 Å². The van der Waals surface area contributed by atoms with Crippen molar-refractivity contribution in [1.29, 1.82) is 0 Å². The summed E-state index contributed by atoms with van der Waals surface area (Å²) in [6, 6.07) is 7.05. The van der Waals surface area contributed by atoms with Gasteiger partial charge in [-0.15, -0.1) is 0 Å². The fraction of sp³-hybridized carbons (Fsp3) is 0.579. The van der Waals surface area contributed by atoms with E-state index in [4.69, 9.17) is 4.74 Å². The highest BCUT2D eigenvalue weighted by Crippen LogP contribution is 2.15. The zero-order valence-corrected chi connectivity index (χ0v) is 14.9. The van der Waals surface area contributed by atoms with Crippen LogP contribution in [0, 0.1) is 5.92 Å². The van der Waals surface area contributed by atoms with E-state index in [0.717, 1.165) is 37.2 Å². The number of nitrogens with one attached hydrogen (secondary N) is 1. The molecule has 5 nitrogen and oxygen atoms in total. The monoisotopic (exact) mass is 332 g/mol. The Hall–Kier alpha value is -2.04. The van der Waals surface area contributed by atoms with Gasteiger partial charge in [-0.2, -0.15) is 0 Å². The van der Waals surface area contributed by atoms with E-state index in [9.17, 15) is 9.59 Å². The van der Waals surface area contributed by atoms with Gasteiger partial charge in [-0.05, 0) is 43.4 Å². The molecule has 2 amide bonds. The summed E-state index contributed by atoms with van der Waals surface area (Å²) in [6.45, 7) is 8.10. The lowest BCUT2D eigenvalue weighted by Gasteiger charge is -2.26. The first kappa shape index (κ1) is 18.3. The van der Waals surface area contributed by atoms with Crippen molar-refractivity contribution in [2.75, 3.05) is 19.7 Å². The number of hydrogen-bond donors (Lipinski definition) is 1. The Labute approximate surface area is 144 Å². The summed E-state index contributed by atoms with van der Waals surface area (Å²) in [4.78, 5) is 26.8. The molecule has 0 saturated carbocycles. The summed E-state index contributed by atoms with van der Waals surface area (Å²) in [6.07, 6.45) is 2.37. The average molecular weight is 332 g/mol. The molecule has 1 aliphatic rings. The van der Waals surface area contributed by atoms with E-state index in [1.54, 1.807) is 0 Å². The first-order chi connectivity index (χ1) is 11.5. The number of likely N-dealkylation sites (tertiary alicyclic amines) is 1. The van der Waals surface area contributed by atoms with Crippen LogP contribution in [-0.2, 0) is 16.0 Å². The first-order valence-corrected chi connectivity index (χ1v) is 8.81. The van der Waals surface area contributed by atoms with Gasteiger partial charge < -0.3 is 15.0 Å². The highest BCUT2D eigenvalue weighted by Gasteiger charge is 2.29. The van der Waals surface area contributed by atoms with Crippen LogP contribution in [0.5, 0.6) is 5.75 Å². The van der Waals surface area contributed by atoms with Crippen LogP contribution < -0.4 is 10.1 Å². The molecule has 132 valence electrons. The van der Waals surface area contributed by atoms with Crippen LogP contribution in [0.4, 0.5) is 0 Å². The third kappa shape index (κ3) is 4.98. The minimum Gasteiger partial charge on any atom is -0.494 e. The molecule has 0 radical (unpaired) electrons. The van der Waals surface area contributed by atoms with E-state index >= 15 is 0 Å². The van der Waals surface area contributed by atoms with Gasteiger partial charge in [-0.25, -0.2) is 0 Å². The largest absolute Gasteiger partial charge is 0.494 e. The first-order valence-electron chi connectivity index (χ1n) is 8.81. The Bertz CT molecular complexity index is 548. The van der Waals surface area contributed by atoms with E-state index < -0.39 is 6.04 Å². The summed E-state index contributed by atoms with van der Waals surface area (Å²) < 4.78 is 5.40. The summed E-state index contributed by atoms with van der Waals surface area (Å²) >= 11 is 0. The molecule has 5 heteroatoms. The lowest BCUT2D eigenvalue weighted by molar-refractivity contribution is -0.136. The molecule has 1 saturated heterocycles. The molecule has 0 aliphatic carbocycles. The molecule has 0 unspecified atom stereocenters. The fourth-order valence-electron chi connectivity index (χ4n) is 2.93. The predicted octanol–water partition coefficient (Wildman–Crippen LogP) is 2.39. The van der Waals surface area contributed by atoms with E-state index in [2.05, 4.69) is 5.32 Å². The number of hydrogen-bond acceptors (Lipinski definition) is 3. The number of ether oxygens (including phenoxy) is 1. The molecule has 1 atom stereocenters.